The lowest BCUT2D eigenvalue weighted by molar-refractivity contribution is 0.102. The summed E-state index contributed by atoms with van der Waals surface area (Å²) >= 11 is 0. The van der Waals surface area contributed by atoms with Crippen molar-refractivity contribution in [3.8, 4) is 22.9 Å². The van der Waals surface area contributed by atoms with E-state index in [0.29, 0.717) is 22.9 Å². The molecule has 0 radical (unpaired) electrons. The van der Waals surface area contributed by atoms with Gasteiger partial charge in [-0.2, -0.15) is 0 Å². The maximum atomic E-state index is 12.7. The molecule has 2 heterocycles. The Labute approximate surface area is 184 Å². The van der Waals surface area contributed by atoms with Crippen LogP contribution in [0.25, 0.3) is 22.0 Å². The SMILES string of the molecule is O=C(Nc1ccc(Oc2ncccc2-c2ccncn2)c2ccccc12)c1ccccc1. The lowest BCUT2D eigenvalue weighted by Gasteiger charge is -2.14. The van der Waals surface area contributed by atoms with Gasteiger partial charge in [-0.1, -0.05) is 42.5 Å². The number of rotatable bonds is 5. The van der Waals surface area contributed by atoms with Crippen molar-refractivity contribution in [3.63, 3.8) is 0 Å². The fourth-order valence-corrected chi connectivity index (χ4v) is 3.47. The predicted octanol–water partition coefficient (Wildman–Crippen LogP) is 5.74. The van der Waals surface area contributed by atoms with Crippen molar-refractivity contribution >= 4 is 22.4 Å². The van der Waals surface area contributed by atoms with Gasteiger partial charge >= 0.3 is 0 Å². The van der Waals surface area contributed by atoms with Gasteiger partial charge in [0.2, 0.25) is 5.88 Å². The van der Waals surface area contributed by atoms with E-state index in [-0.39, 0.29) is 5.91 Å². The molecule has 5 aromatic rings. The molecule has 0 spiro atoms. The molecule has 1 amide bonds. The van der Waals surface area contributed by atoms with Crippen LogP contribution in [0.4, 0.5) is 5.69 Å². The van der Waals surface area contributed by atoms with Crippen molar-refractivity contribution in [2.45, 2.75) is 0 Å². The van der Waals surface area contributed by atoms with Crippen LogP contribution >= 0.6 is 0 Å². The average Bonchev–Trinajstić information content (AvgIpc) is 2.87. The fourth-order valence-electron chi connectivity index (χ4n) is 3.47. The molecule has 0 aliphatic heterocycles. The van der Waals surface area contributed by atoms with E-state index >= 15 is 0 Å². The highest BCUT2D eigenvalue weighted by molar-refractivity contribution is 6.10. The third-order valence-electron chi connectivity index (χ3n) is 5.00. The number of hydrogen-bond donors (Lipinski definition) is 1. The standard InChI is InChI=1S/C26H18N4O2/c31-25(18-7-2-1-3-8-18)30-23-12-13-24(20-10-5-4-9-19(20)23)32-26-21(11-6-15-28-26)22-14-16-27-17-29-22/h1-17H,(H,30,31). The van der Waals surface area contributed by atoms with Crippen molar-refractivity contribution < 1.29 is 9.53 Å². The molecule has 32 heavy (non-hydrogen) atoms. The van der Waals surface area contributed by atoms with Crippen LogP contribution in [0.2, 0.25) is 0 Å². The lowest BCUT2D eigenvalue weighted by atomic mass is 10.1. The highest BCUT2D eigenvalue weighted by Crippen LogP contribution is 2.36. The number of fused-ring (bicyclic) bond motifs is 1. The van der Waals surface area contributed by atoms with Crippen molar-refractivity contribution in [3.05, 3.63) is 109 Å². The van der Waals surface area contributed by atoms with Gasteiger partial charge in [-0.05, 0) is 42.5 Å². The topological polar surface area (TPSA) is 77.0 Å². The minimum atomic E-state index is -0.166. The summed E-state index contributed by atoms with van der Waals surface area (Å²) < 4.78 is 6.24. The molecule has 6 heteroatoms. The predicted molar refractivity (Wildman–Crippen MR) is 124 cm³/mol. The Morgan fingerprint density at radius 2 is 1.56 bits per heavy atom. The first-order valence-electron chi connectivity index (χ1n) is 10.1. The lowest BCUT2D eigenvalue weighted by Crippen LogP contribution is -2.12. The molecular weight excluding hydrogens is 400 g/mol. The molecule has 2 aromatic heterocycles. The van der Waals surface area contributed by atoms with Gasteiger partial charge in [0.1, 0.15) is 12.1 Å². The first-order valence-corrected chi connectivity index (χ1v) is 10.1. The number of nitrogens with zero attached hydrogens (tertiary/aromatic N) is 3. The van der Waals surface area contributed by atoms with Crippen LogP contribution in [0.3, 0.4) is 0 Å². The number of benzene rings is 3. The summed E-state index contributed by atoms with van der Waals surface area (Å²) in [6.07, 6.45) is 4.85. The molecular formula is C26H18N4O2. The van der Waals surface area contributed by atoms with Crippen LogP contribution in [0.1, 0.15) is 10.4 Å². The first-order chi connectivity index (χ1) is 15.8. The van der Waals surface area contributed by atoms with Gasteiger partial charge in [-0.25, -0.2) is 15.0 Å². The Morgan fingerprint density at radius 1 is 0.750 bits per heavy atom. The molecule has 5 rings (SSSR count). The molecule has 3 aromatic carbocycles. The van der Waals surface area contributed by atoms with Crippen LogP contribution in [0.5, 0.6) is 11.6 Å². The maximum Gasteiger partial charge on any atom is 0.255 e. The van der Waals surface area contributed by atoms with Gasteiger partial charge in [0, 0.05) is 34.4 Å². The quantitative estimate of drug-likeness (QED) is 0.394. The van der Waals surface area contributed by atoms with E-state index < -0.39 is 0 Å². The minimum Gasteiger partial charge on any atom is -0.438 e. The van der Waals surface area contributed by atoms with E-state index in [1.54, 1.807) is 24.5 Å². The molecule has 0 fully saturated rings. The molecule has 0 atom stereocenters. The van der Waals surface area contributed by atoms with Gasteiger partial charge in [-0.15, -0.1) is 0 Å². The zero-order valence-corrected chi connectivity index (χ0v) is 17.0. The second-order valence-electron chi connectivity index (χ2n) is 7.03. The average molecular weight is 418 g/mol. The molecule has 0 saturated heterocycles. The summed E-state index contributed by atoms with van der Waals surface area (Å²) in [5, 5.41) is 4.73. The van der Waals surface area contributed by atoms with Crippen LogP contribution in [0, 0.1) is 0 Å². The highest BCUT2D eigenvalue weighted by atomic mass is 16.5. The molecule has 0 bridgehead atoms. The van der Waals surface area contributed by atoms with E-state index in [0.717, 1.165) is 22.0 Å². The zero-order chi connectivity index (χ0) is 21.8. The Morgan fingerprint density at radius 3 is 2.38 bits per heavy atom. The van der Waals surface area contributed by atoms with Crippen molar-refractivity contribution in [1.29, 1.82) is 0 Å². The van der Waals surface area contributed by atoms with E-state index in [4.69, 9.17) is 4.74 Å². The van der Waals surface area contributed by atoms with Crippen LogP contribution in [-0.4, -0.2) is 20.9 Å². The highest BCUT2D eigenvalue weighted by Gasteiger charge is 2.14. The van der Waals surface area contributed by atoms with E-state index in [1.807, 2.05) is 72.8 Å². The van der Waals surface area contributed by atoms with Crippen molar-refractivity contribution in [1.82, 2.24) is 15.0 Å². The molecule has 1 N–H and O–H groups in total. The first kappa shape index (κ1) is 19.4. The van der Waals surface area contributed by atoms with Gasteiger partial charge in [-0.3, -0.25) is 4.79 Å². The fraction of sp³-hybridized carbons (Fsp3) is 0. The number of nitrogens with one attached hydrogen (secondary N) is 1. The zero-order valence-electron chi connectivity index (χ0n) is 17.0. The number of carbonyl (C=O) groups is 1. The number of hydrogen-bond acceptors (Lipinski definition) is 5. The van der Waals surface area contributed by atoms with Gasteiger partial charge in [0.25, 0.3) is 5.91 Å². The number of aromatic nitrogens is 3. The molecule has 6 nitrogen and oxygen atoms in total. The molecule has 0 aliphatic carbocycles. The van der Waals surface area contributed by atoms with Crippen LogP contribution in [0.15, 0.2) is 104 Å². The van der Waals surface area contributed by atoms with E-state index in [9.17, 15) is 4.79 Å². The second kappa shape index (κ2) is 8.65. The van der Waals surface area contributed by atoms with Gasteiger partial charge in [0.15, 0.2) is 0 Å². The molecule has 154 valence electrons. The number of anilines is 1. The van der Waals surface area contributed by atoms with Crippen molar-refractivity contribution in [2.75, 3.05) is 5.32 Å². The van der Waals surface area contributed by atoms with Gasteiger partial charge < -0.3 is 10.1 Å². The largest absolute Gasteiger partial charge is 0.438 e. The smallest absolute Gasteiger partial charge is 0.255 e. The summed E-state index contributed by atoms with van der Waals surface area (Å²) in [6, 6.07) is 26.1. The third kappa shape index (κ3) is 3.89. The summed E-state index contributed by atoms with van der Waals surface area (Å²) in [6.45, 7) is 0. The summed E-state index contributed by atoms with van der Waals surface area (Å²) in [7, 11) is 0. The van der Waals surface area contributed by atoms with Crippen molar-refractivity contribution in [2.24, 2.45) is 0 Å². The Balaban J connectivity index is 1.51. The molecule has 0 saturated carbocycles. The maximum absolute atomic E-state index is 12.7. The minimum absolute atomic E-state index is 0.166. The molecule has 0 unspecified atom stereocenters. The number of carbonyl (C=O) groups excluding carboxylic acids is 1. The Kier molecular flexibility index (Phi) is 5.24. The normalized spacial score (nSPS) is 10.6. The second-order valence-corrected chi connectivity index (χ2v) is 7.03. The number of ether oxygens (including phenoxy) is 1. The summed E-state index contributed by atoms with van der Waals surface area (Å²) in [5.74, 6) is 0.907. The summed E-state index contributed by atoms with van der Waals surface area (Å²) in [4.78, 5) is 25.4. The Hall–Kier alpha value is -4.58. The Bertz CT molecular complexity index is 1390. The molecule has 0 aliphatic rings. The summed E-state index contributed by atoms with van der Waals surface area (Å²) in [5.41, 5.74) is 2.79. The third-order valence-corrected chi connectivity index (χ3v) is 5.00. The van der Waals surface area contributed by atoms with Gasteiger partial charge in [0.05, 0.1) is 11.3 Å². The number of pyridine rings is 1. The number of amides is 1. The van der Waals surface area contributed by atoms with Crippen LogP contribution < -0.4 is 10.1 Å². The monoisotopic (exact) mass is 418 g/mol. The van der Waals surface area contributed by atoms with Crippen LogP contribution in [-0.2, 0) is 0 Å². The van der Waals surface area contributed by atoms with E-state index in [1.165, 1.54) is 6.33 Å². The van der Waals surface area contributed by atoms with E-state index in [2.05, 4.69) is 20.3 Å².